The fraction of sp³-hybridized carbons (Fsp3) is 0. The summed E-state index contributed by atoms with van der Waals surface area (Å²) in [6.07, 6.45) is 0. The van der Waals surface area contributed by atoms with Gasteiger partial charge in [-0.25, -0.2) is 9.59 Å². The summed E-state index contributed by atoms with van der Waals surface area (Å²) in [6.45, 7) is 0. The molecule has 0 aliphatic carbocycles. The van der Waals surface area contributed by atoms with Crippen LogP contribution >= 0.6 is 0 Å². The van der Waals surface area contributed by atoms with Gasteiger partial charge in [0.1, 0.15) is 0 Å². The Balaban J connectivity index is 0.000000322. The largest absolute Gasteiger partial charge is 0.351 e. The van der Waals surface area contributed by atoms with Crippen LogP contribution in [0.1, 0.15) is 20.7 Å². The number of nitrogens with two attached hydrogens (primary N) is 2. The van der Waals surface area contributed by atoms with Crippen LogP contribution in [-0.2, 0) is 0 Å². The minimum Gasteiger partial charge on any atom is -0.351 e. The van der Waals surface area contributed by atoms with Gasteiger partial charge in [0.25, 0.3) is 0 Å². The third-order valence-corrected chi connectivity index (χ3v) is 2.52. The first-order valence-electron chi connectivity index (χ1n) is 6.47. The standard InChI is InChI=1S/C14H10O2.C2H5N3O2/c15-13(11-7-3-1-4-8-11)14(16)12-9-5-2-6-10-12;3-1(6)5-2(4)7/h1-10H;(H5,3,4,5,6,7). The van der Waals surface area contributed by atoms with E-state index in [2.05, 4.69) is 11.5 Å². The Bertz CT molecular complexity index is 638. The molecule has 0 aliphatic heterocycles. The van der Waals surface area contributed by atoms with Gasteiger partial charge < -0.3 is 11.5 Å². The number of imide groups is 1. The number of hydrogen-bond acceptors (Lipinski definition) is 4. The van der Waals surface area contributed by atoms with Gasteiger partial charge in [-0.05, 0) is 0 Å². The number of nitrogens with one attached hydrogen (secondary N) is 1. The summed E-state index contributed by atoms with van der Waals surface area (Å²) in [7, 11) is 0. The second-order valence-electron chi connectivity index (χ2n) is 4.24. The van der Waals surface area contributed by atoms with Crippen LogP contribution in [0.2, 0.25) is 0 Å². The van der Waals surface area contributed by atoms with E-state index < -0.39 is 23.6 Å². The van der Waals surface area contributed by atoms with E-state index in [4.69, 9.17) is 0 Å². The number of carbonyl (C=O) groups excluding carboxylic acids is 4. The average Bonchev–Trinajstić information content (AvgIpc) is 2.54. The Hall–Kier alpha value is -3.48. The molecule has 0 aromatic heterocycles. The van der Waals surface area contributed by atoms with Crippen molar-refractivity contribution in [2.24, 2.45) is 11.5 Å². The van der Waals surface area contributed by atoms with E-state index in [1.807, 2.05) is 12.1 Å². The molecule has 0 saturated carbocycles. The van der Waals surface area contributed by atoms with E-state index in [1.165, 1.54) is 0 Å². The van der Waals surface area contributed by atoms with Crippen LogP contribution in [0.3, 0.4) is 0 Å². The summed E-state index contributed by atoms with van der Waals surface area (Å²) in [6, 6.07) is 15.3. The van der Waals surface area contributed by atoms with Crippen LogP contribution in [0, 0.1) is 0 Å². The molecule has 2 rings (SSSR count). The number of rotatable bonds is 3. The summed E-state index contributed by atoms with van der Waals surface area (Å²) < 4.78 is 0. The molecule has 0 fully saturated rings. The first kappa shape index (κ1) is 17.6. The van der Waals surface area contributed by atoms with Crippen LogP contribution in [0.5, 0.6) is 0 Å². The lowest BCUT2D eigenvalue weighted by Gasteiger charge is -1.99. The summed E-state index contributed by atoms with van der Waals surface area (Å²) in [5.41, 5.74) is 9.74. The Kier molecular flexibility index (Phi) is 6.67. The zero-order valence-corrected chi connectivity index (χ0v) is 12.1. The molecule has 0 spiro atoms. The van der Waals surface area contributed by atoms with Gasteiger partial charge in [-0.15, -0.1) is 0 Å². The van der Waals surface area contributed by atoms with E-state index in [-0.39, 0.29) is 0 Å². The molecular weight excluding hydrogens is 298 g/mol. The molecule has 7 nitrogen and oxygen atoms in total. The first-order chi connectivity index (χ1) is 10.9. The van der Waals surface area contributed by atoms with E-state index in [1.54, 1.807) is 53.8 Å². The van der Waals surface area contributed by atoms with Gasteiger partial charge in [-0.1, -0.05) is 60.7 Å². The van der Waals surface area contributed by atoms with Crippen LogP contribution in [0.25, 0.3) is 0 Å². The summed E-state index contributed by atoms with van der Waals surface area (Å²) >= 11 is 0. The number of ketones is 2. The fourth-order valence-corrected chi connectivity index (χ4v) is 1.56. The Morgan fingerprint density at radius 3 is 1.13 bits per heavy atom. The molecule has 5 N–H and O–H groups in total. The van der Waals surface area contributed by atoms with Crippen molar-refractivity contribution in [3.63, 3.8) is 0 Å². The maximum Gasteiger partial charge on any atom is 0.320 e. The SMILES string of the molecule is NC(=O)NC(N)=O.O=C(C(=O)c1ccccc1)c1ccccc1. The van der Waals surface area contributed by atoms with Crippen LogP contribution in [-0.4, -0.2) is 23.6 Å². The lowest BCUT2D eigenvalue weighted by Crippen LogP contribution is -2.38. The summed E-state index contributed by atoms with van der Waals surface area (Å²) in [5, 5.41) is 1.58. The molecule has 23 heavy (non-hydrogen) atoms. The van der Waals surface area contributed by atoms with Crippen molar-refractivity contribution in [2.75, 3.05) is 0 Å². The molecule has 7 heteroatoms. The number of carbonyl (C=O) groups is 4. The van der Waals surface area contributed by atoms with Crippen molar-refractivity contribution in [1.82, 2.24) is 5.32 Å². The van der Waals surface area contributed by atoms with Gasteiger partial charge in [0.15, 0.2) is 0 Å². The molecule has 4 amide bonds. The van der Waals surface area contributed by atoms with Crippen LogP contribution in [0.4, 0.5) is 9.59 Å². The number of Topliss-reactive ketones (excluding diaryl/α,β-unsaturated/α-hetero) is 2. The topological polar surface area (TPSA) is 132 Å². The molecular formula is C16H15N3O4. The predicted octanol–water partition coefficient (Wildman–Crippen LogP) is 1.49. The normalized spacial score (nSPS) is 9.04. The maximum absolute atomic E-state index is 11.8. The van der Waals surface area contributed by atoms with Crippen molar-refractivity contribution in [2.45, 2.75) is 0 Å². The van der Waals surface area contributed by atoms with E-state index in [0.29, 0.717) is 11.1 Å². The molecule has 2 aromatic rings. The molecule has 118 valence electrons. The van der Waals surface area contributed by atoms with Crippen molar-refractivity contribution in [1.29, 1.82) is 0 Å². The molecule has 0 atom stereocenters. The number of primary amides is 2. The summed E-state index contributed by atoms with van der Waals surface area (Å²) in [5.74, 6) is -0.932. The van der Waals surface area contributed by atoms with Crippen LogP contribution in [0.15, 0.2) is 60.7 Å². The van der Waals surface area contributed by atoms with Gasteiger partial charge >= 0.3 is 12.1 Å². The van der Waals surface area contributed by atoms with Crippen molar-refractivity contribution < 1.29 is 19.2 Å². The second-order valence-corrected chi connectivity index (χ2v) is 4.24. The number of benzene rings is 2. The van der Waals surface area contributed by atoms with Gasteiger partial charge in [0.05, 0.1) is 0 Å². The van der Waals surface area contributed by atoms with E-state index >= 15 is 0 Å². The monoisotopic (exact) mass is 313 g/mol. The van der Waals surface area contributed by atoms with Gasteiger partial charge in [0.2, 0.25) is 11.6 Å². The lowest BCUT2D eigenvalue weighted by molar-refractivity contribution is 0.0817. The third-order valence-electron chi connectivity index (χ3n) is 2.52. The highest BCUT2D eigenvalue weighted by Gasteiger charge is 2.16. The van der Waals surface area contributed by atoms with Crippen molar-refractivity contribution in [3.8, 4) is 0 Å². The highest BCUT2D eigenvalue weighted by molar-refractivity contribution is 6.49. The summed E-state index contributed by atoms with van der Waals surface area (Å²) in [4.78, 5) is 42.8. The van der Waals surface area contributed by atoms with Crippen molar-refractivity contribution >= 4 is 23.6 Å². The van der Waals surface area contributed by atoms with E-state index in [9.17, 15) is 19.2 Å². The van der Waals surface area contributed by atoms with Gasteiger partial charge in [-0.2, -0.15) is 0 Å². The smallest absolute Gasteiger partial charge is 0.320 e. The predicted molar refractivity (Wildman–Crippen MR) is 83.8 cm³/mol. The van der Waals surface area contributed by atoms with E-state index in [0.717, 1.165) is 0 Å². The number of amides is 4. The molecule has 0 aliphatic rings. The Morgan fingerprint density at radius 2 is 0.913 bits per heavy atom. The second kappa shape index (κ2) is 8.73. The fourth-order valence-electron chi connectivity index (χ4n) is 1.56. The van der Waals surface area contributed by atoms with Gasteiger partial charge in [0, 0.05) is 11.1 Å². The minimum atomic E-state index is -0.938. The zero-order chi connectivity index (χ0) is 17.2. The highest BCUT2D eigenvalue weighted by Crippen LogP contribution is 2.07. The Morgan fingerprint density at radius 1 is 0.609 bits per heavy atom. The average molecular weight is 313 g/mol. The maximum atomic E-state index is 11.8. The molecule has 0 saturated heterocycles. The minimum absolute atomic E-state index is 0.427. The zero-order valence-electron chi connectivity index (χ0n) is 12.1. The lowest BCUT2D eigenvalue weighted by atomic mass is 10.0. The highest BCUT2D eigenvalue weighted by atomic mass is 16.2. The first-order valence-corrected chi connectivity index (χ1v) is 6.47. The molecule has 0 bridgehead atoms. The number of hydrogen-bond donors (Lipinski definition) is 3. The van der Waals surface area contributed by atoms with Gasteiger partial charge in [-0.3, -0.25) is 14.9 Å². The third kappa shape index (κ3) is 6.21. The molecule has 0 heterocycles. The molecule has 0 unspecified atom stereocenters. The molecule has 2 aromatic carbocycles. The van der Waals surface area contributed by atoms with Crippen molar-refractivity contribution in [3.05, 3.63) is 71.8 Å². The quantitative estimate of drug-likeness (QED) is 0.584. The molecule has 0 radical (unpaired) electrons. The number of urea groups is 2. The Labute approximate surface area is 132 Å². The van der Waals surface area contributed by atoms with Crippen LogP contribution < -0.4 is 16.8 Å².